The van der Waals surface area contributed by atoms with Crippen LogP contribution in [0.3, 0.4) is 0 Å². The Morgan fingerprint density at radius 1 is 1.47 bits per heavy atom. The van der Waals surface area contributed by atoms with Crippen molar-refractivity contribution in [3.05, 3.63) is 21.0 Å². The molecule has 0 radical (unpaired) electrons. The molecule has 1 unspecified atom stereocenters. The van der Waals surface area contributed by atoms with E-state index in [1.165, 1.54) is 11.5 Å². The highest BCUT2D eigenvalue weighted by Gasteiger charge is 2.14. The smallest absolute Gasteiger partial charge is 0.229 e. The van der Waals surface area contributed by atoms with E-state index in [0.717, 1.165) is 15.6 Å². The summed E-state index contributed by atoms with van der Waals surface area (Å²) in [6.45, 7) is 4.75. The van der Waals surface area contributed by atoms with Gasteiger partial charge in [0.25, 0.3) is 0 Å². The van der Waals surface area contributed by atoms with Gasteiger partial charge in [0.15, 0.2) is 0 Å². The molecule has 92 valence electrons. The summed E-state index contributed by atoms with van der Waals surface area (Å²) >= 11 is 3.01. The van der Waals surface area contributed by atoms with Crippen molar-refractivity contribution in [3.63, 3.8) is 0 Å². The molecule has 0 bridgehead atoms. The van der Waals surface area contributed by atoms with Crippen molar-refractivity contribution >= 4 is 22.9 Å². The molecule has 7 heteroatoms. The molecule has 2 rings (SSSR count). The van der Waals surface area contributed by atoms with Crippen molar-refractivity contribution in [2.24, 2.45) is 0 Å². The molecule has 0 aliphatic rings. The van der Waals surface area contributed by atoms with E-state index < -0.39 is 0 Å². The Kier molecular flexibility index (Phi) is 4.03. The molecule has 0 aliphatic heterocycles. The molecule has 5 nitrogen and oxygen atoms in total. The number of aryl methyl sites for hydroxylation is 1. The average molecular weight is 270 g/mol. The van der Waals surface area contributed by atoms with Gasteiger partial charge in [-0.15, -0.1) is 21.5 Å². The monoisotopic (exact) mass is 270 g/mol. The molecule has 2 heterocycles. The lowest BCUT2D eigenvalue weighted by atomic mass is 10.2. The zero-order chi connectivity index (χ0) is 12.3. The third-order valence-corrected chi connectivity index (χ3v) is 3.82. The molecule has 2 aromatic rings. The molecule has 0 amide bonds. The molecule has 0 aliphatic carbocycles. The van der Waals surface area contributed by atoms with Gasteiger partial charge in [-0.05, 0) is 25.4 Å². The molecule has 17 heavy (non-hydrogen) atoms. The maximum absolute atomic E-state index is 5.20. The van der Waals surface area contributed by atoms with Crippen molar-refractivity contribution in [2.75, 3.05) is 7.11 Å². The molecule has 2 aromatic heterocycles. The quantitative estimate of drug-likeness (QED) is 0.902. The van der Waals surface area contributed by atoms with Gasteiger partial charge >= 0.3 is 0 Å². The fourth-order valence-corrected chi connectivity index (χ4v) is 2.84. The Hall–Kier alpha value is -1.05. The summed E-state index contributed by atoms with van der Waals surface area (Å²) in [6.07, 6.45) is 0. The van der Waals surface area contributed by atoms with Crippen LogP contribution in [0.4, 0.5) is 0 Å². The summed E-state index contributed by atoms with van der Waals surface area (Å²) in [5.41, 5.74) is 1.08. The van der Waals surface area contributed by atoms with Gasteiger partial charge in [0, 0.05) is 17.0 Å². The van der Waals surface area contributed by atoms with E-state index in [9.17, 15) is 0 Å². The van der Waals surface area contributed by atoms with Crippen molar-refractivity contribution < 1.29 is 4.74 Å². The molecular weight excluding hydrogens is 256 g/mol. The van der Waals surface area contributed by atoms with Crippen LogP contribution in [0, 0.1) is 6.92 Å². The van der Waals surface area contributed by atoms with E-state index in [1.54, 1.807) is 18.4 Å². The first-order chi connectivity index (χ1) is 8.20. The van der Waals surface area contributed by atoms with E-state index in [0.29, 0.717) is 12.4 Å². The Morgan fingerprint density at radius 3 is 2.94 bits per heavy atom. The highest BCUT2D eigenvalue weighted by molar-refractivity contribution is 7.11. The topological polar surface area (TPSA) is 59.9 Å². The lowest BCUT2D eigenvalue weighted by Gasteiger charge is -2.11. The summed E-state index contributed by atoms with van der Waals surface area (Å²) in [5.74, 6) is 0.698. The predicted molar refractivity (Wildman–Crippen MR) is 68.6 cm³/mol. The average Bonchev–Trinajstić information content (AvgIpc) is 2.94. The number of ether oxygens (including phenoxy) is 1. The number of hydrogen-bond donors (Lipinski definition) is 1. The van der Waals surface area contributed by atoms with Gasteiger partial charge in [0.05, 0.1) is 13.7 Å². The summed E-state index contributed by atoms with van der Waals surface area (Å²) < 4.78 is 9.37. The van der Waals surface area contributed by atoms with Gasteiger partial charge in [-0.25, -0.2) is 0 Å². The molecule has 0 saturated heterocycles. The SMILES string of the molecule is COc1nscc1C(C)NCc1nnc(C)s1. The van der Waals surface area contributed by atoms with Crippen LogP contribution in [0.2, 0.25) is 0 Å². The summed E-state index contributed by atoms with van der Waals surface area (Å²) in [6, 6.07) is 0.188. The van der Waals surface area contributed by atoms with Crippen LogP contribution in [0.5, 0.6) is 5.88 Å². The molecule has 1 N–H and O–H groups in total. The highest BCUT2D eigenvalue weighted by atomic mass is 32.1. The van der Waals surface area contributed by atoms with E-state index in [1.807, 2.05) is 12.3 Å². The van der Waals surface area contributed by atoms with Crippen molar-refractivity contribution in [1.82, 2.24) is 19.9 Å². The maximum atomic E-state index is 5.20. The van der Waals surface area contributed by atoms with Crippen LogP contribution in [-0.4, -0.2) is 21.7 Å². The van der Waals surface area contributed by atoms with Crippen LogP contribution in [0.25, 0.3) is 0 Å². The third-order valence-electron chi connectivity index (χ3n) is 2.35. The van der Waals surface area contributed by atoms with Crippen LogP contribution in [-0.2, 0) is 6.54 Å². The van der Waals surface area contributed by atoms with Crippen molar-refractivity contribution in [1.29, 1.82) is 0 Å². The second-order valence-electron chi connectivity index (χ2n) is 3.60. The van der Waals surface area contributed by atoms with E-state index >= 15 is 0 Å². The highest BCUT2D eigenvalue weighted by Crippen LogP contribution is 2.25. The number of nitrogens with one attached hydrogen (secondary N) is 1. The number of nitrogens with zero attached hydrogens (tertiary/aromatic N) is 3. The van der Waals surface area contributed by atoms with Gasteiger partial charge in [-0.1, -0.05) is 0 Å². The fraction of sp³-hybridized carbons (Fsp3) is 0.500. The fourth-order valence-electron chi connectivity index (χ4n) is 1.44. The number of methoxy groups -OCH3 is 1. The number of aromatic nitrogens is 3. The maximum Gasteiger partial charge on any atom is 0.229 e. The van der Waals surface area contributed by atoms with Gasteiger partial charge in [0.1, 0.15) is 10.0 Å². The largest absolute Gasteiger partial charge is 0.480 e. The van der Waals surface area contributed by atoms with Crippen molar-refractivity contribution in [3.8, 4) is 5.88 Å². The third kappa shape index (κ3) is 2.99. The summed E-state index contributed by atoms with van der Waals surface area (Å²) in [5, 5.41) is 15.4. The van der Waals surface area contributed by atoms with Crippen molar-refractivity contribution in [2.45, 2.75) is 26.4 Å². The zero-order valence-electron chi connectivity index (χ0n) is 9.93. The predicted octanol–water partition coefficient (Wildman–Crippen LogP) is 2.16. The zero-order valence-corrected chi connectivity index (χ0v) is 11.6. The Morgan fingerprint density at radius 2 is 2.29 bits per heavy atom. The molecule has 0 saturated carbocycles. The Balaban J connectivity index is 1.95. The van der Waals surface area contributed by atoms with Gasteiger partial charge < -0.3 is 10.1 Å². The minimum Gasteiger partial charge on any atom is -0.480 e. The molecule has 0 aromatic carbocycles. The Bertz CT molecular complexity index is 482. The normalized spacial score (nSPS) is 12.6. The molecule has 0 fully saturated rings. The second-order valence-corrected chi connectivity index (χ2v) is 5.49. The van der Waals surface area contributed by atoms with E-state index in [-0.39, 0.29) is 6.04 Å². The van der Waals surface area contributed by atoms with Gasteiger partial charge in [0.2, 0.25) is 5.88 Å². The first-order valence-electron chi connectivity index (χ1n) is 5.21. The van der Waals surface area contributed by atoms with Crippen LogP contribution in [0.15, 0.2) is 5.38 Å². The molecular formula is C10H14N4OS2. The first-order valence-corrected chi connectivity index (χ1v) is 6.86. The lowest BCUT2D eigenvalue weighted by Crippen LogP contribution is -2.18. The van der Waals surface area contributed by atoms with Crippen LogP contribution >= 0.6 is 22.9 Å². The Labute approximate surface area is 108 Å². The van der Waals surface area contributed by atoms with Crippen LogP contribution in [0.1, 0.15) is 28.5 Å². The van der Waals surface area contributed by atoms with E-state index in [4.69, 9.17) is 4.74 Å². The first kappa shape index (κ1) is 12.4. The number of hydrogen-bond acceptors (Lipinski definition) is 7. The summed E-state index contributed by atoms with van der Waals surface area (Å²) in [7, 11) is 1.64. The molecule has 0 spiro atoms. The summed E-state index contributed by atoms with van der Waals surface area (Å²) in [4.78, 5) is 0. The minimum atomic E-state index is 0.188. The lowest BCUT2D eigenvalue weighted by molar-refractivity contribution is 0.390. The second kappa shape index (κ2) is 5.52. The standard InChI is InChI=1S/C10H14N4OS2/c1-6(8-5-16-14-10(8)15-3)11-4-9-13-12-7(2)17-9/h5-6,11H,4H2,1-3H3. The minimum absolute atomic E-state index is 0.188. The molecule has 1 atom stereocenters. The van der Waals surface area contributed by atoms with E-state index in [2.05, 4.69) is 26.8 Å². The van der Waals surface area contributed by atoms with Crippen LogP contribution < -0.4 is 10.1 Å². The number of rotatable bonds is 5. The van der Waals surface area contributed by atoms with Gasteiger partial charge in [-0.2, -0.15) is 4.37 Å². The van der Waals surface area contributed by atoms with Gasteiger partial charge in [-0.3, -0.25) is 0 Å².